The third kappa shape index (κ3) is 4.64. The SMILES string of the molecule is Cc1ccc(F)c([C@@H](C)[C@H](NS(=O)(=O)c2ncc(Br)cc2C(N)=O)c2n[nH]c(=O)o2)c1C. The molecule has 170 valence electrons. The minimum absolute atomic E-state index is 0.210. The maximum absolute atomic E-state index is 14.8. The van der Waals surface area contributed by atoms with Crippen molar-refractivity contribution in [2.75, 3.05) is 0 Å². The molecule has 0 radical (unpaired) electrons. The molecule has 0 aliphatic heterocycles. The van der Waals surface area contributed by atoms with Crippen molar-refractivity contribution in [1.82, 2.24) is 19.9 Å². The van der Waals surface area contributed by atoms with Gasteiger partial charge in [-0.25, -0.2) is 27.7 Å². The first-order valence-electron chi connectivity index (χ1n) is 9.21. The van der Waals surface area contributed by atoms with Gasteiger partial charge in [0.1, 0.15) is 11.9 Å². The maximum Gasteiger partial charge on any atom is 0.434 e. The van der Waals surface area contributed by atoms with E-state index in [1.807, 2.05) is 0 Å². The van der Waals surface area contributed by atoms with Gasteiger partial charge in [-0.3, -0.25) is 4.79 Å². The number of H-pyrrole nitrogens is 1. The van der Waals surface area contributed by atoms with E-state index in [1.165, 1.54) is 18.3 Å². The number of carbonyl (C=O) groups is 1. The Morgan fingerprint density at radius 2 is 2.03 bits per heavy atom. The van der Waals surface area contributed by atoms with E-state index in [1.54, 1.807) is 26.8 Å². The van der Waals surface area contributed by atoms with E-state index in [9.17, 15) is 22.4 Å². The molecule has 0 bridgehead atoms. The summed E-state index contributed by atoms with van der Waals surface area (Å²) in [6.07, 6.45) is 1.18. The van der Waals surface area contributed by atoms with E-state index in [0.29, 0.717) is 10.0 Å². The van der Waals surface area contributed by atoms with Crippen LogP contribution in [-0.4, -0.2) is 29.5 Å². The van der Waals surface area contributed by atoms with Crippen molar-refractivity contribution < 1.29 is 22.0 Å². The monoisotopic (exact) mass is 527 g/mol. The van der Waals surface area contributed by atoms with Crippen LogP contribution in [0.1, 0.15) is 51.8 Å². The number of rotatable bonds is 7. The van der Waals surface area contributed by atoms with E-state index in [4.69, 9.17) is 10.2 Å². The number of aromatic amines is 1. The standard InChI is InChI=1S/C19H19BrFN5O5S/c1-8-4-5-13(21)14(9(8)2)10(3)15(17-24-25-19(28)31-17)26-32(29,30)18-12(16(22)27)6-11(20)7-23-18/h4-7,10,15,26H,1-3H3,(H2,22,27)(H,25,28)/t10-,15+/m1/s1. The number of nitrogens with one attached hydrogen (secondary N) is 2. The molecule has 2 heterocycles. The number of hydrogen-bond donors (Lipinski definition) is 3. The molecule has 0 saturated heterocycles. The molecule has 3 rings (SSSR count). The van der Waals surface area contributed by atoms with Gasteiger partial charge in [0.2, 0.25) is 5.89 Å². The van der Waals surface area contributed by atoms with Crippen molar-refractivity contribution in [3.8, 4) is 0 Å². The summed E-state index contributed by atoms with van der Waals surface area (Å²) in [4.78, 5) is 27.2. The highest BCUT2D eigenvalue weighted by Crippen LogP contribution is 2.35. The smallest absolute Gasteiger partial charge is 0.391 e. The van der Waals surface area contributed by atoms with Gasteiger partial charge in [-0.15, -0.1) is 5.10 Å². The van der Waals surface area contributed by atoms with Crippen LogP contribution < -0.4 is 16.2 Å². The molecule has 0 saturated carbocycles. The van der Waals surface area contributed by atoms with Crippen molar-refractivity contribution in [3.05, 3.63) is 73.4 Å². The number of halogens is 2. The molecule has 1 amide bonds. The predicted molar refractivity (Wildman–Crippen MR) is 115 cm³/mol. The fraction of sp³-hybridized carbons (Fsp3) is 0.263. The second kappa shape index (κ2) is 8.92. The van der Waals surface area contributed by atoms with Crippen LogP contribution in [0.5, 0.6) is 0 Å². The lowest BCUT2D eigenvalue weighted by atomic mass is 9.88. The Morgan fingerprint density at radius 1 is 1.34 bits per heavy atom. The Balaban J connectivity index is 2.14. The quantitative estimate of drug-likeness (QED) is 0.424. The number of sulfonamides is 1. The molecule has 13 heteroatoms. The van der Waals surface area contributed by atoms with Crippen molar-refractivity contribution in [1.29, 1.82) is 0 Å². The van der Waals surface area contributed by atoms with Gasteiger partial charge in [-0.1, -0.05) is 13.0 Å². The number of carbonyl (C=O) groups excluding carboxylic acids is 1. The molecule has 10 nitrogen and oxygen atoms in total. The molecule has 2 aromatic heterocycles. The van der Waals surface area contributed by atoms with Crippen LogP contribution in [0.15, 0.2) is 43.1 Å². The summed E-state index contributed by atoms with van der Waals surface area (Å²) in [5, 5.41) is 5.15. The van der Waals surface area contributed by atoms with E-state index >= 15 is 0 Å². The van der Waals surface area contributed by atoms with Crippen molar-refractivity contribution in [2.24, 2.45) is 5.73 Å². The molecule has 3 aromatic rings. The lowest BCUT2D eigenvalue weighted by Crippen LogP contribution is -2.34. The number of primary amides is 1. The summed E-state index contributed by atoms with van der Waals surface area (Å²) in [5.41, 5.74) is 6.54. The van der Waals surface area contributed by atoms with Crippen LogP contribution in [0.2, 0.25) is 0 Å². The fourth-order valence-corrected chi connectivity index (χ4v) is 5.03. The van der Waals surface area contributed by atoms with Crippen molar-refractivity contribution in [2.45, 2.75) is 37.8 Å². The van der Waals surface area contributed by atoms with Gasteiger partial charge in [0.15, 0.2) is 5.03 Å². The molecule has 0 aliphatic carbocycles. The summed E-state index contributed by atoms with van der Waals surface area (Å²) in [6.45, 7) is 5.03. The molecule has 1 aromatic carbocycles. The molecular weight excluding hydrogens is 509 g/mol. The molecule has 0 spiro atoms. The average Bonchev–Trinajstić information content (AvgIpc) is 3.15. The lowest BCUT2D eigenvalue weighted by molar-refractivity contribution is 0.0996. The minimum Gasteiger partial charge on any atom is -0.391 e. The average molecular weight is 528 g/mol. The van der Waals surface area contributed by atoms with Gasteiger partial charge >= 0.3 is 5.76 Å². The van der Waals surface area contributed by atoms with Gasteiger partial charge in [-0.05, 0) is 58.6 Å². The third-order valence-corrected chi connectivity index (χ3v) is 6.86. The molecule has 0 fully saturated rings. The van der Waals surface area contributed by atoms with Gasteiger partial charge in [0.05, 0.1) is 5.56 Å². The Morgan fingerprint density at radius 3 is 2.62 bits per heavy atom. The summed E-state index contributed by atoms with van der Waals surface area (Å²) in [7, 11) is -4.50. The normalized spacial score (nSPS) is 13.7. The summed E-state index contributed by atoms with van der Waals surface area (Å²) >= 11 is 3.11. The lowest BCUT2D eigenvalue weighted by Gasteiger charge is -2.25. The second-order valence-electron chi connectivity index (χ2n) is 7.11. The minimum atomic E-state index is -4.50. The number of hydrogen-bond acceptors (Lipinski definition) is 7. The number of nitrogens with zero attached hydrogens (tertiary/aromatic N) is 2. The first-order chi connectivity index (χ1) is 14.9. The molecule has 0 aliphatic rings. The third-order valence-electron chi connectivity index (χ3n) is 5.03. The van der Waals surface area contributed by atoms with Gasteiger partial charge in [-0.2, -0.15) is 4.72 Å². The van der Waals surface area contributed by atoms with E-state index in [-0.39, 0.29) is 17.0 Å². The number of aryl methyl sites for hydroxylation is 1. The van der Waals surface area contributed by atoms with E-state index < -0.39 is 44.5 Å². The summed E-state index contributed by atoms with van der Waals surface area (Å²) in [6, 6.07) is 2.75. The largest absolute Gasteiger partial charge is 0.434 e. The Hall–Kier alpha value is -2.90. The number of pyridine rings is 1. The van der Waals surface area contributed by atoms with Crippen LogP contribution in [0.3, 0.4) is 0 Å². The fourth-order valence-electron chi connectivity index (χ4n) is 3.31. The predicted octanol–water partition coefficient (Wildman–Crippen LogP) is 2.20. The van der Waals surface area contributed by atoms with Gasteiger partial charge < -0.3 is 10.2 Å². The van der Waals surface area contributed by atoms with Gasteiger partial charge in [0.25, 0.3) is 15.9 Å². The second-order valence-corrected chi connectivity index (χ2v) is 9.66. The first-order valence-corrected chi connectivity index (χ1v) is 11.5. The number of amides is 1. The van der Waals surface area contributed by atoms with Crippen LogP contribution >= 0.6 is 15.9 Å². The zero-order chi connectivity index (χ0) is 23.8. The molecule has 0 unspecified atom stereocenters. The molecular formula is C19H19BrFN5O5S. The molecule has 32 heavy (non-hydrogen) atoms. The number of aromatic nitrogens is 3. The Labute approximate surface area is 190 Å². The van der Waals surface area contributed by atoms with Gasteiger partial charge in [0, 0.05) is 16.6 Å². The summed E-state index contributed by atoms with van der Waals surface area (Å²) < 4.78 is 48.8. The molecule has 4 N–H and O–H groups in total. The van der Waals surface area contributed by atoms with Crippen molar-refractivity contribution >= 4 is 31.9 Å². The highest BCUT2D eigenvalue weighted by atomic mass is 79.9. The summed E-state index contributed by atoms with van der Waals surface area (Å²) in [5.74, 6) is -3.69. The number of benzene rings is 1. The van der Waals surface area contributed by atoms with Crippen LogP contribution in [0, 0.1) is 19.7 Å². The maximum atomic E-state index is 14.8. The number of nitrogens with two attached hydrogens (primary N) is 1. The van der Waals surface area contributed by atoms with E-state index in [0.717, 1.165) is 5.56 Å². The first kappa shape index (κ1) is 23.8. The highest BCUT2D eigenvalue weighted by molar-refractivity contribution is 9.10. The topological polar surface area (TPSA) is 161 Å². The molecule has 2 atom stereocenters. The van der Waals surface area contributed by atoms with Crippen molar-refractivity contribution in [3.63, 3.8) is 0 Å². The Bertz CT molecular complexity index is 1350. The zero-order valence-electron chi connectivity index (χ0n) is 17.1. The van der Waals surface area contributed by atoms with Crippen LogP contribution in [-0.2, 0) is 10.0 Å². The van der Waals surface area contributed by atoms with E-state index in [2.05, 4.69) is 35.8 Å². The van der Waals surface area contributed by atoms with Crippen LogP contribution in [0.25, 0.3) is 0 Å². The zero-order valence-corrected chi connectivity index (χ0v) is 19.5. The Kier molecular flexibility index (Phi) is 6.62. The highest BCUT2D eigenvalue weighted by Gasteiger charge is 2.35. The van der Waals surface area contributed by atoms with Crippen LogP contribution in [0.4, 0.5) is 4.39 Å².